The largest absolute Gasteiger partial charge is 0.314 e. The summed E-state index contributed by atoms with van der Waals surface area (Å²) >= 11 is 0. The summed E-state index contributed by atoms with van der Waals surface area (Å²) in [5, 5.41) is 17.5. The minimum atomic E-state index is -0.257. The lowest BCUT2D eigenvalue weighted by Gasteiger charge is -2.50. The van der Waals surface area contributed by atoms with E-state index in [-0.39, 0.29) is 11.1 Å². The first-order valence-corrected chi connectivity index (χ1v) is 14.5. The van der Waals surface area contributed by atoms with Gasteiger partial charge >= 0.3 is 0 Å². The van der Waals surface area contributed by atoms with E-state index < -0.39 is 0 Å². The Morgan fingerprint density at radius 3 is 1.25 bits per heavy atom. The van der Waals surface area contributed by atoms with Crippen molar-refractivity contribution in [3.05, 3.63) is 0 Å². The maximum absolute atomic E-state index is 12.5. The lowest BCUT2D eigenvalue weighted by atomic mass is 9.79. The first-order chi connectivity index (χ1) is 15.3. The zero-order chi connectivity index (χ0) is 23.7. The number of nitrogens with one attached hydrogen (secondary N) is 1. The van der Waals surface area contributed by atoms with Crippen LogP contribution in [0.5, 0.6) is 0 Å². The summed E-state index contributed by atoms with van der Waals surface area (Å²) in [5.74, 6) is 0. The minimum Gasteiger partial charge on any atom is -0.314 e. The van der Waals surface area contributed by atoms with E-state index in [1.807, 2.05) is 0 Å². The highest BCUT2D eigenvalue weighted by Gasteiger charge is 2.45. The van der Waals surface area contributed by atoms with E-state index in [0.29, 0.717) is 6.04 Å². The smallest absolute Gasteiger partial charge is 0.0458 e. The van der Waals surface area contributed by atoms with Gasteiger partial charge in [-0.2, -0.15) is 0 Å². The molecule has 1 fully saturated rings. The van der Waals surface area contributed by atoms with Gasteiger partial charge in [0.25, 0.3) is 0 Å². The molecule has 0 amide bonds. The van der Waals surface area contributed by atoms with Crippen molar-refractivity contribution in [2.45, 2.75) is 180 Å². The highest BCUT2D eigenvalue weighted by atomic mass is 16.5. The molecule has 1 rings (SSSR count). The topological polar surface area (TPSA) is 35.2 Å². The SMILES string of the molecule is CCCCCCCCCCCCCCCCCCCCNC1CC(C)(C)N([O])C(C)(C)C1. The van der Waals surface area contributed by atoms with Crippen LogP contribution >= 0.6 is 0 Å². The molecule has 32 heavy (non-hydrogen) atoms. The Labute approximate surface area is 202 Å². The number of hydrogen-bond donors (Lipinski definition) is 1. The molecule has 0 bridgehead atoms. The Bertz CT molecular complexity index is 417. The number of hydroxylamine groups is 2. The standard InChI is InChI=1S/C29H59N2O/c1-6-7-8-9-10-11-12-13-14-15-16-17-18-19-20-21-22-23-24-30-27-25-28(2,3)31(32)29(4,5)26-27/h27,30H,6-26H2,1-5H3. The summed E-state index contributed by atoms with van der Waals surface area (Å²) in [6.45, 7) is 11.8. The summed E-state index contributed by atoms with van der Waals surface area (Å²) in [7, 11) is 0. The van der Waals surface area contributed by atoms with Gasteiger partial charge < -0.3 is 5.32 Å². The van der Waals surface area contributed by atoms with E-state index >= 15 is 0 Å². The molecule has 191 valence electrons. The van der Waals surface area contributed by atoms with E-state index in [2.05, 4.69) is 39.9 Å². The molecule has 1 radical (unpaired) electrons. The van der Waals surface area contributed by atoms with Crippen molar-refractivity contribution in [2.24, 2.45) is 0 Å². The summed E-state index contributed by atoms with van der Waals surface area (Å²) in [4.78, 5) is 0. The predicted molar refractivity (Wildman–Crippen MR) is 140 cm³/mol. The van der Waals surface area contributed by atoms with Gasteiger partial charge in [0.2, 0.25) is 0 Å². The number of rotatable bonds is 20. The lowest BCUT2D eigenvalue weighted by molar-refractivity contribution is -0.290. The van der Waals surface area contributed by atoms with Crippen molar-refractivity contribution in [2.75, 3.05) is 6.54 Å². The highest BCUT2D eigenvalue weighted by molar-refractivity contribution is 4.98. The fraction of sp³-hybridized carbons (Fsp3) is 1.00. The average Bonchev–Trinajstić information content (AvgIpc) is 2.73. The lowest BCUT2D eigenvalue weighted by Crippen LogP contribution is -2.61. The molecule has 0 aromatic heterocycles. The van der Waals surface area contributed by atoms with Crippen molar-refractivity contribution in [1.82, 2.24) is 10.4 Å². The number of unbranched alkanes of at least 4 members (excludes halogenated alkanes) is 17. The van der Waals surface area contributed by atoms with Crippen LogP contribution in [-0.2, 0) is 5.21 Å². The van der Waals surface area contributed by atoms with E-state index in [4.69, 9.17) is 0 Å². The van der Waals surface area contributed by atoms with Crippen LogP contribution in [-0.4, -0.2) is 28.7 Å². The van der Waals surface area contributed by atoms with Gasteiger partial charge in [0.15, 0.2) is 0 Å². The Morgan fingerprint density at radius 2 is 0.906 bits per heavy atom. The van der Waals surface area contributed by atoms with Crippen LogP contribution < -0.4 is 5.32 Å². The second kappa shape index (κ2) is 17.3. The first-order valence-electron chi connectivity index (χ1n) is 14.5. The van der Waals surface area contributed by atoms with E-state index in [9.17, 15) is 5.21 Å². The van der Waals surface area contributed by atoms with Crippen LogP contribution in [0.2, 0.25) is 0 Å². The summed E-state index contributed by atoms with van der Waals surface area (Å²) in [6, 6.07) is 0.482. The highest BCUT2D eigenvalue weighted by Crippen LogP contribution is 2.36. The van der Waals surface area contributed by atoms with E-state index in [0.717, 1.165) is 19.4 Å². The monoisotopic (exact) mass is 451 g/mol. The molecular formula is C29H59N2O. The quantitative estimate of drug-likeness (QED) is 0.187. The Balaban J connectivity index is 1.82. The van der Waals surface area contributed by atoms with E-state index in [1.54, 1.807) is 0 Å². The van der Waals surface area contributed by atoms with Crippen molar-refractivity contribution in [1.29, 1.82) is 0 Å². The van der Waals surface area contributed by atoms with Crippen LogP contribution in [0.25, 0.3) is 0 Å². The molecule has 1 aliphatic rings. The normalized spacial score (nSPS) is 18.9. The molecule has 3 heteroatoms. The molecule has 1 N–H and O–H groups in total. The van der Waals surface area contributed by atoms with Gasteiger partial charge in [0.05, 0.1) is 0 Å². The molecule has 0 saturated carbocycles. The van der Waals surface area contributed by atoms with Gasteiger partial charge in [-0.1, -0.05) is 116 Å². The molecule has 0 spiro atoms. The van der Waals surface area contributed by atoms with Crippen LogP contribution in [0.3, 0.4) is 0 Å². The molecule has 0 aromatic carbocycles. The Kier molecular flexibility index (Phi) is 16.2. The third-order valence-electron chi connectivity index (χ3n) is 7.55. The Morgan fingerprint density at radius 1 is 0.594 bits per heavy atom. The molecule has 1 saturated heterocycles. The maximum atomic E-state index is 12.5. The maximum Gasteiger partial charge on any atom is 0.0458 e. The molecular weight excluding hydrogens is 392 g/mol. The molecule has 0 aliphatic carbocycles. The van der Waals surface area contributed by atoms with Crippen molar-refractivity contribution in [3.63, 3.8) is 0 Å². The first kappa shape index (κ1) is 29.9. The van der Waals surface area contributed by atoms with Gasteiger partial charge in [0.1, 0.15) is 0 Å². The van der Waals surface area contributed by atoms with Gasteiger partial charge in [-0.05, 0) is 53.5 Å². The molecule has 3 nitrogen and oxygen atoms in total. The van der Waals surface area contributed by atoms with Crippen LogP contribution in [0, 0.1) is 0 Å². The Hall–Kier alpha value is -0.120. The molecule has 0 unspecified atom stereocenters. The second-order valence-corrected chi connectivity index (χ2v) is 12.0. The third kappa shape index (κ3) is 13.6. The molecule has 0 aromatic rings. The van der Waals surface area contributed by atoms with Crippen molar-refractivity contribution < 1.29 is 5.21 Å². The number of hydrogen-bond acceptors (Lipinski definition) is 2. The van der Waals surface area contributed by atoms with Gasteiger partial charge in [-0.3, -0.25) is 0 Å². The van der Waals surface area contributed by atoms with Crippen molar-refractivity contribution in [3.8, 4) is 0 Å². The fourth-order valence-corrected chi connectivity index (χ4v) is 5.74. The van der Waals surface area contributed by atoms with Gasteiger partial charge in [-0.15, -0.1) is 10.3 Å². The number of piperidine rings is 1. The van der Waals surface area contributed by atoms with Gasteiger partial charge in [0, 0.05) is 17.1 Å². The molecule has 1 aliphatic heterocycles. The predicted octanol–water partition coefficient (Wildman–Crippen LogP) is 8.98. The van der Waals surface area contributed by atoms with Gasteiger partial charge in [-0.25, -0.2) is 0 Å². The van der Waals surface area contributed by atoms with E-state index in [1.165, 1.54) is 121 Å². The summed E-state index contributed by atoms with van der Waals surface area (Å²) in [5.41, 5.74) is -0.513. The fourth-order valence-electron chi connectivity index (χ4n) is 5.74. The third-order valence-corrected chi connectivity index (χ3v) is 7.55. The number of nitrogens with zero attached hydrogens (tertiary/aromatic N) is 1. The van der Waals surface area contributed by atoms with Crippen LogP contribution in [0.15, 0.2) is 0 Å². The van der Waals surface area contributed by atoms with Crippen molar-refractivity contribution >= 4 is 0 Å². The van der Waals surface area contributed by atoms with Crippen LogP contribution in [0.4, 0.5) is 0 Å². The molecule has 1 heterocycles. The van der Waals surface area contributed by atoms with Crippen LogP contribution in [0.1, 0.15) is 163 Å². The minimum absolute atomic E-state index is 0.257. The zero-order valence-electron chi connectivity index (χ0n) is 22.8. The summed E-state index contributed by atoms with van der Waals surface area (Å²) < 4.78 is 0. The molecule has 0 atom stereocenters. The average molecular weight is 452 g/mol. The zero-order valence-corrected chi connectivity index (χ0v) is 22.8. The summed E-state index contributed by atoms with van der Waals surface area (Å²) in [6.07, 6.45) is 27.6. The second-order valence-electron chi connectivity index (χ2n) is 12.0.